The molecule has 98 valence electrons. The zero-order valence-electron chi connectivity index (χ0n) is 10.9. The molecule has 1 aromatic heterocycles. The first kappa shape index (κ1) is 13.6. The zero-order valence-corrected chi connectivity index (χ0v) is 11.6. The first-order chi connectivity index (χ1) is 9.06. The van der Waals surface area contributed by atoms with E-state index in [1.807, 2.05) is 44.2 Å². The molecule has 0 saturated heterocycles. The summed E-state index contributed by atoms with van der Waals surface area (Å²) < 4.78 is 0. The molecule has 1 heterocycles. The van der Waals surface area contributed by atoms with E-state index in [9.17, 15) is 4.79 Å². The number of halogens is 1. The van der Waals surface area contributed by atoms with Gasteiger partial charge in [-0.25, -0.2) is 4.98 Å². The fourth-order valence-electron chi connectivity index (χ4n) is 1.86. The Morgan fingerprint density at radius 3 is 2.58 bits per heavy atom. The summed E-state index contributed by atoms with van der Waals surface area (Å²) in [6, 6.07) is 13.0. The topological polar surface area (TPSA) is 42.0 Å². The predicted molar refractivity (Wildman–Crippen MR) is 76.3 cm³/mol. The zero-order chi connectivity index (χ0) is 13.8. The van der Waals surface area contributed by atoms with Crippen LogP contribution in [0.3, 0.4) is 0 Å². The Balaban J connectivity index is 2.13. The van der Waals surface area contributed by atoms with Gasteiger partial charge in [0.25, 0.3) is 5.91 Å². The number of benzene rings is 1. The minimum absolute atomic E-state index is 0.0547. The number of pyridine rings is 1. The minimum Gasteiger partial charge on any atom is -0.346 e. The van der Waals surface area contributed by atoms with Gasteiger partial charge in [0.15, 0.2) is 0 Å². The number of hydrogen-bond donors (Lipinski definition) is 1. The van der Waals surface area contributed by atoms with E-state index in [1.165, 1.54) is 0 Å². The predicted octanol–water partition coefficient (Wildman–Crippen LogP) is 3.53. The molecule has 1 aromatic carbocycles. The highest BCUT2D eigenvalue weighted by Gasteiger charge is 2.12. The second kappa shape index (κ2) is 5.85. The molecule has 0 aliphatic rings. The van der Waals surface area contributed by atoms with Gasteiger partial charge in [0, 0.05) is 11.3 Å². The maximum Gasteiger partial charge on any atom is 0.251 e. The van der Waals surface area contributed by atoms with Gasteiger partial charge < -0.3 is 5.32 Å². The standard InChI is InChI=1S/C15H15ClN2O/c1-10-8-13(9-14(16)17-10)15(19)18-11(2)12-6-4-3-5-7-12/h3-9,11H,1-2H3,(H,18,19)/t11-/m0/s1. The summed E-state index contributed by atoms with van der Waals surface area (Å²) in [6.45, 7) is 3.76. The highest BCUT2D eigenvalue weighted by molar-refractivity contribution is 6.29. The van der Waals surface area contributed by atoms with Crippen molar-refractivity contribution >= 4 is 17.5 Å². The second-order valence-corrected chi connectivity index (χ2v) is 4.81. The highest BCUT2D eigenvalue weighted by atomic mass is 35.5. The van der Waals surface area contributed by atoms with E-state index < -0.39 is 0 Å². The molecule has 19 heavy (non-hydrogen) atoms. The summed E-state index contributed by atoms with van der Waals surface area (Å²) in [5, 5.41) is 3.27. The summed E-state index contributed by atoms with van der Waals surface area (Å²) in [7, 11) is 0. The van der Waals surface area contributed by atoms with Gasteiger partial charge in [0.05, 0.1) is 6.04 Å². The number of carbonyl (C=O) groups is 1. The van der Waals surface area contributed by atoms with Crippen LogP contribution in [0.1, 0.15) is 34.6 Å². The molecule has 4 heteroatoms. The van der Waals surface area contributed by atoms with E-state index in [2.05, 4.69) is 10.3 Å². The molecule has 0 aliphatic heterocycles. The van der Waals surface area contributed by atoms with Crippen molar-refractivity contribution in [3.8, 4) is 0 Å². The summed E-state index contributed by atoms with van der Waals surface area (Å²) in [4.78, 5) is 16.2. The summed E-state index contributed by atoms with van der Waals surface area (Å²) >= 11 is 5.86. The number of rotatable bonds is 3. The van der Waals surface area contributed by atoms with E-state index in [-0.39, 0.29) is 11.9 Å². The van der Waals surface area contributed by atoms with Crippen molar-refractivity contribution in [2.75, 3.05) is 0 Å². The van der Waals surface area contributed by atoms with E-state index >= 15 is 0 Å². The van der Waals surface area contributed by atoms with E-state index in [1.54, 1.807) is 12.1 Å². The van der Waals surface area contributed by atoms with Crippen LogP contribution >= 0.6 is 11.6 Å². The largest absolute Gasteiger partial charge is 0.346 e. The Labute approximate surface area is 117 Å². The lowest BCUT2D eigenvalue weighted by Crippen LogP contribution is -2.26. The van der Waals surface area contributed by atoms with Crippen LogP contribution in [0.25, 0.3) is 0 Å². The Kier molecular flexibility index (Phi) is 4.17. The number of amides is 1. The Bertz CT molecular complexity index is 564. The molecule has 0 saturated carbocycles. The Hall–Kier alpha value is -1.87. The first-order valence-electron chi connectivity index (χ1n) is 6.06. The summed E-state index contributed by atoms with van der Waals surface area (Å²) in [6.07, 6.45) is 0. The highest BCUT2D eigenvalue weighted by Crippen LogP contribution is 2.14. The molecule has 3 nitrogen and oxygen atoms in total. The molecular formula is C15H15ClN2O. The van der Waals surface area contributed by atoms with E-state index in [0.29, 0.717) is 10.7 Å². The molecule has 0 bridgehead atoms. The van der Waals surface area contributed by atoms with Gasteiger partial charge in [-0.05, 0) is 31.5 Å². The average Bonchev–Trinajstić information content (AvgIpc) is 2.38. The lowest BCUT2D eigenvalue weighted by molar-refractivity contribution is 0.0939. The fourth-order valence-corrected chi connectivity index (χ4v) is 2.12. The number of carbonyl (C=O) groups excluding carboxylic acids is 1. The quantitative estimate of drug-likeness (QED) is 0.870. The fraction of sp³-hybridized carbons (Fsp3) is 0.200. The van der Waals surface area contributed by atoms with Crippen LogP contribution in [-0.4, -0.2) is 10.9 Å². The van der Waals surface area contributed by atoms with Gasteiger partial charge in [-0.2, -0.15) is 0 Å². The molecule has 2 rings (SSSR count). The van der Waals surface area contributed by atoms with Gasteiger partial charge in [-0.1, -0.05) is 41.9 Å². The molecule has 0 aliphatic carbocycles. The Morgan fingerprint density at radius 1 is 1.26 bits per heavy atom. The second-order valence-electron chi connectivity index (χ2n) is 4.43. The van der Waals surface area contributed by atoms with Crippen LogP contribution in [-0.2, 0) is 0 Å². The first-order valence-corrected chi connectivity index (χ1v) is 6.44. The van der Waals surface area contributed by atoms with Gasteiger partial charge >= 0.3 is 0 Å². The van der Waals surface area contributed by atoms with Crippen molar-refractivity contribution in [3.05, 3.63) is 64.4 Å². The number of hydrogen-bond acceptors (Lipinski definition) is 2. The third kappa shape index (κ3) is 3.55. The van der Waals surface area contributed by atoms with Crippen molar-refractivity contribution < 1.29 is 4.79 Å². The molecule has 0 radical (unpaired) electrons. The molecule has 1 N–H and O–H groups in total. The third-order valence-electron chi connectivity index (χ3n) is 2.83. The molecule has 0 unspecified atom stereocenters. The molecular weight excluding hydrogens is 260 g/mol. The maximum absolute atomic E-state index is 12.1. The van der Waals surface area contributed by atoms with Crippen LogP contribution < -0.4 is 5.32 Å². The summed E-state index contributed by atoms with van der Waals surface area (Å²) in [5.41, 5.74) is 2.32. The number of aryl methyl sites for hydroxylation is 1. The van der Waals surface area contributed by atoms with Crippen LogP contribution in [0.2, 0.25) is 5.15 Å². The van der Waals surface area contributed by atoms with Crippen molar-refractivity contribution in [2.24, 2.45) is 0 Å². The molecule has 1 atom stereocenters. The molecule has 0 fully saturated rings. The lowest BCUT2D eigenvalue weighted by atomic mass is 10.1. The Morgan fingerprint density at radius 2 is 1.95 bits per heavy atom. The summed E-state index contributed by atoms with van der Waals surface area (Å²) in [5.74, 6) is -0.149. The van der Waals surface area contributed by atoms with E-state index in [4.69, 9.17) is 11.6 Å². The van der Waals surface area contributed by atoms with Crippen molar-refractivity contribution in [1.29, 1.82) is 0 Å². The maximum atomic E-state index is 12.1. The SMILES string of the molecule is Cc1cc(C(=O)N[C@@H](C)c2ccccc2)cc(Cl)n1. The lowest BCUT2D eigenvalue weighted by Gasteiger charge is -2.14. The van der Waals surface area contributed by atoms with Gasteiger partial charge in [0.1, 0.15) is 5.15 Å². The number of nitrogens with zero attached hydrogens (tertiary/aromatic N) is 1. The average molecular weight is 275 g/mol. The van der Waals surface area contributed by atoms with Gasteiger partial charge in [-0.3, -0.25) is 4.79 Å². The van der Waals surface area contributed by atoms with Crippen molar-refractivity contribution in [3.63, 3.8) is 0 Å². The molecule has 0 spiro atoms. The monoisotopic (exact) mass is 274 g/mol. The smallest absolute Gasteiger partial charge is 0.251 e. The van der Waals surface area contributed by atoms with Crippen LogP contribution in [0, 0.1) is 6.92 Å². The van der Waals surface area contributed by atoms with Crippen LogP contribution in [0.15, 0.2) is 42.5 Å². The normalized spacial score (nSPS) is 11.9. The van der Waals surface area contributed by atoms with Gasteiger partial charge in [-0.15, -0.1) is 0 Å². The third-order valence-corrected chi connectivity index (χ3v) is 3.03. The van der Waals surface area contributed by atoms with Crippen LogP contribution in [0.5, 0.6) is 0 Å². The van der Waals surface area contributed by atoms with E-state index in [0.717, 1.165) is 11.3 Å². The number of aromatic nitrogens is 1. The van der Waals surface area contributed by atoms with Crippen molar-refractivity contribution in [2.45, 2.75) is 19.9 Å². The molecule has 1 amide bonds. The minimum atomic E-state index is -0.149. The van der Waals surface area contributed by atoms with Crippen molar-refractivity contribution in [1.82, 2.24) is 10.3 Å². The van der Waals surface area contributed by atoms with Gasteiger partial charge in [0.2, 0.25) is 0 Å². The number of nitrogens with one attached hydrogen (secondary N) is 1. The molecule has 2 aromatic rings. The van der Waals surface area contributed by atoms with Crippen LogP contribution in [0.4, 0.5) is 0 Å².